The summed E-state index contributed by atoms with van der Waals surface area (Å²) in [7, 11) is 0. The Labute approximate surface area is 51.6 Å². The molecule has 0 fully saturated rings. The number of nitrogens with two attached hydrogens (primary N) is 2. The molecule has 0 rings (SSSR count). The van der Waals surface area contributed by atoms with E-state index >= 15 is 0 Å². The van der Waals surface area contributed by atoms with Crippen LogP contribution in [0, 0.1) is 0 Å². The molecule has 0 aromatic heterocycles. The van der Waals surface area contributed by atoms with Crippen LogP contribution in [0.25, 0.3) is 0 Å². The summed E-state index contributed by atoms with van der Waals surface area (Å²) in [4.78, 5) is 19.6. The minimum Gasteiger partial charge on any atom is -0.480 e. The molecule has 2 atom stereocenters. The lowest BCUT2D eigenvalue weighted by molar-refractivity contribution is -0.138. The highest BCUT2D eigenvalue weighted by Crippen LogP contribution is 1.80. The van der Waals surface area contributed by atoms with Crippen LogP contribution in [-0.4, -0.2) is 29.4 Å². The molecular weight excluding hydrogens is 124 g/mol. The first-order chi connectivity index (χ1) is 4.09. The molecule has 5 heteroatoms. The third-order valence-electron chi connectivity index (χ3n) is 0.808. The number of aliphatic carboxylic acids is 1. The van der Waals surface area contributed by atoms with Crippen LogP contribution in [-0.2, 0) is 9.59 Å². The maximum absolute atomic E-state index is 9.92. The Hall–Kier alpha value is -0.940. The van der Waals surface area contributed by atoms with Crippen molar-refractivity contribution in [2.24, 2.45) is 11.5 Å². The van der Waals surface area contributed by atoms with E-state index in [9.17, 15) is 9.59 Å². The second-order valence-electron chi connectivity index (χ2n) is 1.51. The number of carbonyl (C=O) groups is 1. The van der Waals surface area contributed by atoms with Gasteiger partial charge in [-0.3, -0.25) is 9.59 Å². The van der Waals surface area contributed by atoms with Gasteiger partial charge in [0.05, 0.1) is 6.04 Å². The minimum atomic E-state index is -1.34. The summed E-state index contributed by atoms with van der Waals surface area (Å²) < 4.78 is 0. The number of rotatable bonds is 3. The van der Waals surface area contributed by atoms with E-state index in [1.807, 2.05) is 0 Å². The zero-order valence-corrected chi connectivity index (χ0v) is 4.57. The molecule has 9 heavy (non-hydrogen) atoms. The third kappa shape index (κ3) is 2.20. The molecular formula is C4H7N2O3. The van der Waals surface area contributed by atoms with Gasteiger partial charge in [-0.25, -0.2) is 0 Å². The van der Waals surface area contributed by atoms with E-state index in [0.29, 0.717) is 0 Å². The summed E-state index contributed by atoms with van der Waals surface area (Å²) in [5.41, 5.74) is 9.77. The first-order valence-electron chi connectivity index (χ1n) is 2.21. The van der Waals surface area contributed by atoms with Gasteiger partial charge in [-0.05, 0) is 0 Å². The number of hydrogen-bond donors (Lipinski definition) is 3. The second-order valence-corrected chi connectivity index (χ2v) is 1.51. The van der Waals surface area contributed by atoms with Crippen LogP contribution in [0.2, 0.25) is 0 Å². The Balaban J connectivity index is 3.86. The monoisotopic (exact) mass is 131 g/mol. The van der Waals surface area contributed by atoms with Crippen LogP contribution in [0.1, 0.15) is 0 Å². The molecule has 0 saturated heterocycles. The molecule has 0 aliphatic rings. The summed E-state index contributed by atoms with van der Waals surface area (Å²) in [6.45, 7) is 0. The standard InChI is InChI=1S/C4H7N2O3/c5-2(1-7)3(6)4(8)9/h2-3H,5-6H2,(H,8,9)/t2?,3-/m0/s1. The van der Waals surface area contributed by atoms with E-state index in [1.165, 1.54) is 6.29 Å². The largest absolute Gasteiger partial charge is 0.480 e. The van der Waals surface area contributed by atoms with Crippen LogP contribution in [0.15, 0.2) is 0 Å². The second kappa shape index (κ2) is 3.16. The lowest BCUT2D eigenvalue weighted by Gasteiger charge is -2.06. The van der Waals surface area contributed by atoms with Crippen LogP contribution in [0.5, 0.6) is 0 Å². The van der Waals surface area contributed by atoms with Crippen molar-refractivity contribution in [2.75, 3.05) is 0 Å². The molecule has 1 unspecified atom stereocenters. The molecule has 0 aromatic rings. The summed E-state index contributed by atoms with van der Waals surface area (Å²) >= 11 is 0. The molecule has 0 heterocycles. The van der Waals surface area contributed by atoms with Gasteiger partial charge in [0.2, 0.25) is 6.29 Å². The normalized spacial score (nSPS) is 16.2. The summed E-state index contributed by atoms with van der Waals surface area (Å²) in [6.07, 6.45) is 1.27. The smallest absolute Gasteiger partial charge is 0.322 e. The predicted molar refractivity (Wildman–Crippen MR) is 29.3 cm³/mol. The van der Waals surface area contributed by atoms with E-state index < -0.39 is 18.1 Å². The molecule has 0 spiro atoms. The zero-order chi connectivity index (χ0) is 7.44. The first-order valence-corrected chi connectivity index (χ1v) is 2.21. The Kier molecular flexibility index (Phi) is 2.83. The highest BCUT2D eigenvalue weighted by Gasteiger charge is 2.19. The number of hydrogen-bond acceptors (Lipinski definition) is 4. The van der Waals surface area contributed by atoms with Crippen LogP contribution < -0.4 is 11.5 Å². The average Bonchev–Trinajstić information content (AvgIpc) is 1.84. The quantitative estimate of drug-likeness (QED) is 0.404. The van der Waals surface area contributed by atoms with Crippen molar-refractivity contribution in [2.45, 2.75) is 12.1 Å². The van der Waals surface area contributed by atoms with Gasteiger partial charge in [-0.15, -0.1) is 0 Å². The summed E-state index contributed by atoms with van der Waals surface area (Å²) in [5.74, 6) is -1.30. The number of carboxylic acids is 1. The fourth-order valence-corrected chi connectivity index (χ4v) is 0.227. The van der Waals surface area contributed by atoms with Crippen molar-refractivity contribution < 1.29 is 14.7 Å². The highest BCUT2D eigenvalue weighted by molar-refractivity contribution is 5.79. The van der Waals surface area contributed by atoms with E-state index in [1.54, 1.807) is 0 Å². The Bertz CT molecular complexity index is 125. The van der Waals surface area contributed by atoms with Gasteiger partial charge in [0.15, 0.2) is 0 Å². The predicted octanol–water partition coefficient (Wildman–Crippen LogP) is -2.16. The van der Waals surface area contributed by atoms with Gasteiger partial charge in [0, 0.05) is 0 Å². The van der Waals surface area contributed by atoms with Crippen LogP contribution in [0.4, 0.5) is 0 Å². The fraction of sp³-hybridized carbons (Fsp3) is 0.500. The highest BCUT2D eigenvalue weighted by atomic mass is 16.4. The SMILES string of the molecule is NC([C]=O)[C@H](N)C(=O)O. The molecule has 0 amide bonds. The maximum Gasteiger partial charge on any atom is 0.322 e. The fourth-order valence-electron chi connectivity index (χ4n) is 0.227. The number of carboxylic acid groups (broad SMARTS) is 1. The van der Waals surface area contributed by atoms with E-state index in [4.69, 9.17) is 16.6 Å². The lowest BCUT2D eigenvalue weighted by atomic mass is 10.2. The van der Waals surface area contributed by atoms with Crippen LogP contribution >= 0.6 is 0 Å². The van der Waals surface area contributed by atoms with Gasteiger partial charge in [-0.2, -0.15) is 0 Å². The van der Waals surface area contributed by atoms with Crippen molar-refractivity contribution >= 4 is 12.3 Å². The van der Waals surface area contributed by atoms with E-state index in [0.717, 1.165) is 0 Å². The van der Waals surface area contributed by atoms with Gasteiger partial charge >= 0.3 is 5.97 Å². The van der Waals surface area contributed by atoms with Crippen molar-refractivity contribution in [3.05, 3.63) is 0 Å². The molecule has 1 radical (unpaired) electrons. The van der Waals surface area contributed by atoms with E-state index in [2.05, 4.69) is 0 Å². The molecule has 5 N–H and O–H groups in total. The minimum absolute atomic E-state index is 1.23. The third-order valence-corrected chi connectivity index (χ3v) is 0.808. The van der Waals surface area contributed by atoms with Gasteiger partial charge in [0.1, 0.15) is 6.04 Å². The molecule has 0 bridgehead atoms. The van der Waals surface area contributed by atoms with Gasteiger partial charge < -0.3 is 16.6 Å². The Morgan fingerprint density at radius 1 is 1.56 bits per heavy atom. The van der Waals surface area contributed by atoms with Crippen molar-refractivity contribution in [3.8, 4) is 0 Å². The Morgan fingerprint density at radius 2 is 2.00 bits per heavy atom. The van der Waals surface area contributed by atoms with Crippen molar-refractivity contribution in [3.63, 3.8) is 0 Å². The molecule has 51 valence electrons. The van der Waals surface area contributed by atoms with E-state index in [-0.39, 0.29) is 0 Å². The molecule has 5 nitrogen and oxygen atoms in total. The number of carbonyl (C=O) groups excluding carboxylic acids is 1. The molecule has 0 aliphatic heterocycles. The lowest BCUT2D eigenvalue weighted by Crippen LogP contribution is -2.47. The van der Waals surface area contributed by atoms with Crippen molar-refractivity contribution in [1.82, 2.24) is 0 Å². The summed E-state index contributed by atoms with van der Waals surface area (Å²) in [5, 5.41) is 8.10. The zero-order valence-electron chi connectivity index (χ0n) is 4.57. The van der Waals surface area contributed by atoms with Crippen LogP contribution in [0.3, 0.4) is 0 Å². The average molecular weight is 131 g/mol. The molecule has 0 aromatic carbocycles. The molecule has 0 saturated carbocycles. The Morgan fingerprint density at radius 3 is 2.11 bits per heavy atom. The first kappa shape index (κ1) is 8.06. The topological polar surface area (TPSA) is 106 Å². The van der Waals surface area contributed by atoms with Crippen molar-refractivity contribution in [1.29, 1.82) is 0 Å². The molecule has 0 aliphatic carbocycles. The maximum atomic E-state index is 9.92. The van der Waals surface area contributed by atoms with Gasteiger partial charge in [0.25, 0.3) is 0 Å². The van der Waals surface area contributed by atoms with Gasteiger partial charge in [-0.1, -0.05) is 0 Å². The summed E-state index contributed by atoms with van der Waals surface area (Å²) in [6, 6.07) is -2.58.